The molecule has 1 amide bonds. The summed E-state index contributed by atoms with van der Waals surface area (Å²) in [7, 11) is 0. The van der Waals surface area contributed by atoms with Crippen LogP contribution in [0.4, 0.5) is 5.82 Å². The van der Waals surface area contributed by atoms with Gasteiger partial charge in [0.15, 0.2) is 17.7 Å². The van der Waals surface area contributed by atoms with Gasteiger partial charge in [0.2, 0.25) is 0 Å². The third kappa shape index (κ3) is 4.61. The first-order valence-corrected chi connectivity index (χ1v) is 8.67. The van der Waals surface area contributed by atoms with E-state index in [0.717, 1.165) is 0 Å². The number of nitrogens with one attached hydrogen (secondary N) is 1. The van der Waals surface area contributed by atoms with Gasteiger partial charge < -0.3 is 14.6 Å². The van der Waals surface area contributed by atoms with Crippen molar-refractivity contribution in [3.8, 4) is 5.75 Å². The summed E-state index contributed by atoms with van der Waals surface area (Å²) in [6.07, 6.45) is -0.203. The minimum absolute atomic E-state index is 0.0617. The molecular weight excluding hydrogens is 344 g/mol. The molecular formula is C21H20N2O4. The Balaban J connectivity index is 1.65. The number of amides is 1. The van der Waals surface area contributed by atoms with Gasteiger partial charge in [-0.3, -0.25) is 9.59 Å². The van der Waals surface area contributed by atoms with Crippen molar-refractivity contribution in [1.29, 1.82) is 0 Å². The van der Waals surface area contributed by atoms with Crippen molar-refractivity contribution in [2.45, 2.75) is 26.4 Å². The van der Waals surface area contributed by atoms with Crippen LogP contribution in [-0.2, 0) is 4.79 Å². The zero-order chi connectivity index (χ0) is 19.2. The molecule has 138 valence electrons. The van der Waals surface area contributed by atoms with E-state index in [2.05, 4.69) is 10.5 Å². The lowest BCUT2D eigenvalue weighted by molar-refractivity contribution is -0.122. The van der Waals surface area contributed by atoms with E-state index in [1.165, 1.54) is 0 Å². The number of ketones is 1. The van der Waals surface area contributed by atoms with Crippen molar-refractivity contribution in [3.63, 3.8) is 0 Å². The van der Waals surface area contributed by atoms with Gasteiger partial charge in [0, 0.05) is 17.2 Å². The molecule has 0 radical (unpaired) electrons. The van der Waals surface area contributed by atoms with Gasteiger partial charge in [-0.2, -0.15) is 0 Å². The summed E-state index contributed by atoms with van der Waals surface area (Å²) in [5.41, 5.74) is 1.18. The lowest BCUT2D eigenvalue weighted by atomic mass is 10.0. The number of hydrogen-bond donors (Lipinski definition) is 1. The van der Waals surface area contributed by atoms with E-state index in [1.807, 2.05) is 25.1 Å². The quantitative estimate of drug-likeness (QED) is 0.641. The first-order valence-electron chi connectivity index (χ1n) is 8.67. The van der Waals surface area contributed by atoms with Gasteiger partial charge in [0.05, 0.1) is 0 Å². The van der Waals surface area contributed by atoms with Crippen LogP contribution in [0, 0.1) is 6.92 Å². The highest BCUT2D eigenvalue weighted by Crippen LogP contribution is 2.18. The molecule has 27 heavy (non-hydrogen) atoms. The first-order chi connectivity index (χ1) is 13.1. The molecule has 0 spiro atoms. The van der Waals surface area contributed by atoms with Gasteiger partial charge in [-0.1, -0.05) is 42.4 Å². The maximum Gasteiger partial charge on any atom is 0.266 e. The molecule has 0 aliphatic carbocycles. The number of rotatable bonds is 7. The Bertz CT molecular complexity index is 917. The van der Waals surface area contributed by atoms with E-state index in [4.69, 9.17) is 9.26 Å². The molecule has 0 fully saturated rings. The highest BCUT2D eigenvalue weighted by Gasteiger charge is 2.20. The van der Waals surface area contributed by atoms with Crippen LogP contribution in [-0.4, -0.2) is 23.0 Å². The fraction of sp³-hybridized carbons (Fsp3) is 0.190. The van der Waals surface area contributed by atoms with E-state index in [9.17, 15) is 9.59 Å². The molecule has 0 saturated carbocycles. The van der Waals surface area contributed by atoms with E-state index >= 15 is 0 Å². The molecule has 6 nitrogen and oxygen atoms in total. The number of aromatic nitrogens is 1. The predicted molar refractivity (Wildman–Crippen MR) is 101 cm³/mol. The van der Waals surface area contributed by atoms with E-state index < -0.39 is 6.10 Å². The Hall–Kier alpha value is -3.41. The van der Waals surface area contributed by atoms with E-state index in [1.54, 1.807) is 49.4 Å². The number of anilines is 1. The van der Waals surface area contributed by atoms with Gasteiger partial charge in [-0.05, 0) is 37.6 Å². The normalized spacial score (nSPS) is 11.6. The number of hydrogen-bond acceptors (Lipinski definition) is 5. The van der Waals surface area contributed by atoms with Crippen LogP contribution in [0.5, 0.6) is 5.75 Å². The third-order valence-electron chi connectivity index (χ3n) is 3.97. The molecule has 2 aromatic carbocycles. The van der Waals surface area contributed by atoms with Crippen LogP contribution >= 0.6 is 0 Å². The average Bonchev–Trinajstić information content (AvgIpc) is 3.11. The number of carbonyl (C=O) groups is 2. The van der Waals surface area contributed by atoms with Crippen LogP contribution in [0.1, 0.15) is 35.0 Å². The summed E-state index contributed by atoms with van der Waals surface area (Å²) in [5.74, 6) is 1.10. The fourth-order valence-corrected chi connectivity index (χ4v) is 2.56. The molecule has 0 bridgehead atoms. The highest BCUT2D eigenvalue weighted by atomic mass is 16.5. The Kier molecular flexibility index (Phi) is 5.66. The molecule has 1 heterocycles. The topological polar surface area (TPSA) is 81.4 Å². The predicted octanol–water partition coefficient (Wildman–Crippen LogP) is 4.01. The van der Waals surface area contributed by atoms with E-state index in [0.29, 0.717) is 34.9 Å². The summed E-state index contributed by atoms with van der Waals surface area (Å²) < 4.78 is 10.7. The Labute approximate surface area is 157 Å². The second-order valence-electron chi connectivity index (χ2n) is 6.05. The largest absolute Gasteiger partial charge is 0.481 e. The lowest BCUT2D eigenvalue weighted by Crippen LogP contribution is -2.32. The van der Waals surface area contributed by atoms with Gasteiger partial charge >= 0.3 is 0 Å². The van der Waals surface area contributed by atoms with Crippen molar-refractivity contribution in [2.24, 2.45) is 0 Å². The zero-order valence-electron chi connectivity index (χ0n) is 15.1. The van der Waals surface area contributed by atoms with Crippen molar-refractivity contribution in [2.75, 3.05) is 5.32 Å². The van der Waals surface area contributed by atoms with Crippen molar-refractivity contribution < 1.29 is 18.8 Å². The maximum atomic E-state index is 12.4. The Morgan fingerprint density at radius 3 is 2.33 bits per heavy atom. The van der Waals surface area contributed by atoms with Gasteiger partial charge in [0.25, 0.3) is 5.91 Å². The van der Waals surface area contributed by atoms with Gasteiger partial charge in [-0.15, -0.1) is 0 Å². The zero-order valence-corrected chi connectivity index (χ0v) is 15.1. The highest BCUT2D eigenvalue weighted by molar-refractivity contribution is 6.09. The molecule has 0 saturated heterocycles. The van der Waals surface area contributed by atoms with Crippen molar-refractivity contribution in [3.05, 3.63) is 77.6 Å². The molecule has 0 aliphatic rings. The molecule has 1 aromatic heterocycles. The SMILES string of the molecule is CCC(Oc1ccc(C(=O)c2ccccc2)cc1)C(=O)Nc1cc(C)on1. The monoisotopic (exact) mass is 364 g/mol. The number of carbonyl (C=O) groups excluding carboxylic acids is 2. The minimum atomic E-state index is -0.683. The standard InChI is InChI=1S/C21H20N2O4/c1-3-18(21(25)22-19-13-14(2)27-23-19)26-17-11-9-16(10-12-17)20(24)15-7-5-4-6-8-15/h4-13,18H,3H2,1-2H3,(H,22,23,25). The maximum absolute atomic E-state index is 12.4. The molecule has 1 atom stereocenters. The summed E-state index contributed by atoms with van der Waals surface area (Å²) in [5, 5.41) is 6.40. The second-order valence-corrected chi connectivity index (χ2v) is 6.05. The number of ether oxygens (including phenoxy) is 1. The molecule has 1 N–H and O–H groups in total. The van der Waals surface area contributed by atoms with Crippen LogP contribution < -0.4 is 10.1 Å². The van der Waals surface area contributed by atoms with Crippen LogP contribution in [0.3, 0.4) is 0 Å². The van der Waals surface area contributed by atoms with Crippen LogP contribution in [0.15, 0.2) is 65.2 Å². The lowest BCUT2D eigenvalue weighted by Gasteiger charge is -2.16. The summed E-state index contributed by atoms with van der Waals surface area (Å²) >= 11 is 0. The average molecular weight is 364 g/mol. The van der Waals surface area contributed by atoms with Crippen molar-refractivity contribution in [1.82, 2.24) is 5.16 Å². The summed E-state index contributed by atoms with van der Waals surface area (Å²) in [6, 6.07) is 17.5. The number of aryl methyl sites for hydroxylation is 1. The Morgan fingerprint density at radius 2 is 1.74 bits per heavy atom. The number of nitrogens with zero attached hydrogens (tertiary/aromatic N) is 1. The number of benzene rings is 2. The van der Waals surface area contributed by atoms with Gasteiger partial charge in [0.1, 0.15) is 11.5 Å². The van der Waals surface area contributed by atoms with Crippen LogP contribution in [0.2, 0.25) is 0 Å². The van der Waals surface area contributed by atoms with Crippen molar-refractivity contribution >= 4 is 17.5 Å². The molecule has 3 aromatic rings. The Morgan fingerprint density at radius 1 is 1.07 bits per heavy atom. The third-order valence-corrected chi connectivity index (χ3v) is 3.97. The summed E-state index contributed by atoms with van der Waals surface area (Å²) in [4.78, 5) is 24.8. The molecule has 6 heteroatoms. The minimum Gasteiger partial charge on any atom is -0.481 e. The molecule has 1 unspecified atom stereocenters. The first kappa shape index (κ1) is 18.4. The molecule has 3 rings (SSSR count). The van der Waals surface area contributed by atoms with Crippen LogP contribution in [0.25, 0.3) is 0 Å². The fourth-order valence-electron chi connectivity index (χ4n) is 2.56. The van der Waals surface area contributed by atoms with Gasteiger partial charge in [-0.25, -0.2) is 0 Å². The summed E-state index contributed by atoms with van der Waals surface area (Å²) in [6.45, 7) is 3.60. The smallest absolute Gasteiger partial charge is 0.266 e. The second kappa shape index (κ2) is 8.31. The molecule has 0 aliphatic heterocycles. The van der Waals surface area contributed by atoms with E-state index in [-0.39, 0.29) is 11.7 Å².